The van der Waals surface area contributed by atoms with Gasteiger partial charge in [0, 0.05) is 15.5 Å². The van der Waals surface area contributed by atoms with E-state index in [2.05, 4.69) is 22.6 Å². The first kappa shape index (κ1) is 17.5. The molecule has 0 radical (unpaired) electrons. The van der Waals surface area contributed by atoms with Crippen LogP contribution in [0.2, 0.25) is 5.02 Å². The number of hydrogen-bond donors (Lipinski definition) is 1. The second-order valence-electron chi connectivity index (χ2n) is 5.46. The Bertz CT molecular complexity index is 491. The third-order valence-corrected chi connectivity index (χ3v) is 3.88. The van der Waals surface area contributed by atoms with E-state index >= 15 is 0 Å². The zero-order valence-electron chi connectivity index (χ0n) is 11.7. The molecule has 0 unspecified atom stereocenters. The van der Waals surface area contributed by atoms with E-state index in [1.165, 1.54) is 11.0 Å². The lowest BCUT2D eigenvalue weighted by Crippen LogP contribution is -2.47. The van der Waals surface area contributed by atoms with Crippen LogP contribution in [0.3, 0.4) is 0 Å². The first-order valence-corrected chi connectivity index (χ1v) is 8.12. The van der Waals surface area contributed by atoms with Gasteiger partial charge in [0.15, 0.2) is 0 Å². The number of rotatable bonds is 4. The van der Waals surface area contributed by atoms with Crippen molar-refractivity contribution in [1.82, 2.24) is 4.90 Å². The third-order valence-electron chi connectivity index (χ3n) is 2.96. The van der Waals surface area contributed by atoms with Gasteiger partial charge < -0.3 is 5.11 Å². The Morgan fingerprint density at radius 1 is 1.50 bits per heavy atom. The SMILES string of the molecule is CC(C)(C)N(C(=O)O)[C@H](CCI)c1cccc(Cl)c1F. The van der Waals surface area contributed by atoms with Gasteiger partial charge in [0.1, 0.15) is 5.82 Å². The Kier molecular flexibility index (Phi) is 6.06. The van der Waals surface area contributed by atoms with Crippen molar-refractivity contribution in [2.24, 2.45) is 0 Å². The molecule has 0 saturated heterocycles. The maximum absolute atomic E-state index is 14.2. The summed E-state index contributed by atoms with van der Waals surface area (Å²) < 4.78 is 14.9. The molecular formula is C14H18ClFINO2. The fourth-order valence-electron chi connectivity index (χ4n) is 2.19. The number of carbonyl (C=O) groups is 1. The normalized spacial score (nSPS) is 13.1. The molecule has 1 amide bonds. The van der Waals surface area contributed by atoms with Crippen molar-refractivity contribution in [2.45, 2.75) is 38.8 Å². The van der Waals surface area contributed by atoms with E-state index in [4.69, 9.17) is 11.6 Å². The van der Waals surface area contributed by atoms with Crippen LogP contribution in [-0.4, -0.2) is 26.1 Å². The van der Waals surface area contributed by atoms with Crippen molar-refractivity contribution in [3.05, 3.63) is 34.6 Å². The van der Waals surface area contributed by atoms with Gasteiger partial charge in [0.05, 0.1) is 11.1 Å². The standard InChI is InChI=1S/C14H18ClFINO2/c1-14(2,3)18(13(19)20)11(7-8-17)9-5-4-6-10(15)12(9)16/h4-6,11H,7-8H2,1-3H3,(H,19,20)/t11-/m1/s1. The van der Waals surface area contributed by atoms with E-state index in [1.807, 2.05) is 0 Å². The molecule has 0 spiro atoms. The molecule has 1 atom stereocenters. The molecule has 20 heavy (non-hydrogen) atoms. The molecule has 0 aliphatic rings. The Hall–Kier alpha value is -0.560. The van der Waals surface area contributed by atoms with Gasteiger partial charge in [-0.2, -0.15) is 0 Å². The summed E-state index contributed by atoms with van der Waals surface area (Å²) in [5, 5.41) is 9.51. The van der Waals surface area contributed by atoms with Crippen molar-refractivity contribution in [3.8, 4) is 0 Å². The third kappa shape index (κ3) is 3.97. The van der Waals surface area contributed by atoms with E-state index in [0.29, 0.717) is 16.4 Å². The molecule has 3 nitrogen and oxygen atoms in total. The second-order valence-corrected chi connectivity index (χ2v) is 6.95. The fourth-order valence-corrected chi connectivity index (χ4v) is 2.96. The van der Waals surface area contributed by atoms with Crippen LogP contribution in [0.15, 0.2) is 18.2 Å². The molecule has 1 N–H and O–H groups in total. The average molecular weight is 414 g/mol. The Morgan fingerprint density at radius 3 is 2.55 bits per heavy atom. The summed E-state index contributed by atoms with van der Waals surface area (Å²) in [4.78, 5) is 12.9. The van der Waals surface area contributed by atoms with Gasteiger partial charge in [0.25, 0.3) is 0 Å². The topological polar surface area (TPSA) is 40.5 Å². The van der Waals surface area contributed by atoms with E-state index < -0.39 is 23.5 Å². The molecule has 0 heterocycles. The molecule has 0 aromatic heterocycles. The van der Waals surface area contributed by atoms with E-state index in [9.17, 15) is 14.3 Å². The zero-order chi connectivity index (χ0) is 15.5. The predicted molar refractivity (Wildman–Crippen MR) is 87.3 cm³/mol. The highest BCUT2D eigenvalue weighted by atomic mass is 127. The van der Waals surface area contributed by atoms with E-state index in [1.54, 1.807) is 32.9 Å². The molecule has 0 aliphatic carbocycles. The molecule has 0 bridgehead atoms. The number of amides is 1. The monoisotopic (exact) mass is 413 g/mol. The van der Waals surface area contributed by atoms with Gasteiger partial charge in [-0.3, -0.25) is 4.90 Å². The minimum absolute atomic E-state index is 0.0141. The van der Waals surface area contributed by atoms with Gasteiger partial charge in [-0.1, -0.05) is 46.3 Å². The number of alkyl halides is 1. The minimum atomic E-state index is -1.06. The Morgan fingerprint density at radius 2 is 2.10 bits per heavy atom. The van der Waals surface area contributed by atoms with Crippen LogP contribution >= 0.6 is 34.2 Å². The number of hydrogen-bond acceptors (Lipinski definition) is 1. The Balaban J connectivity index is 3.35. The van der Waals surface area contributed by atoms with Crippen molar-refractivity contribution < 1.29 is 14.3 Å². The molecule has 0 aliphatic heterocycles. The average Bonchev–Trinajstić information content (AvgIpc) is 2.30. The minimum Gasteiger partial charge on any atom is -0.465 e. The molecule has 6 heteroatoms. The van der Waals surface area contributed by atoms with Crippen LogP contribution in [0.4, 0.5) is 9.18 Å². The lowest BCUT2D eigenvalue weighted by Gasteiger charge is -2.40. The number of carboxylic acid groups (broad SMARTS) is 1. The fraction of sp³-hybridized carbons (Fsp3) is 0.500. The molecule has 112 valence electrons. The lowest BCUT2D eigenvalue weighted by atomic mass is 9.96. The highest BCUT2D eigenvalue weighted by Crippen LogP contribution is 2.34. The quantitative estimate of drug-likeness (QED) is 0.549. The molecule has 0 saturated carbocycles. The molecule has 1 rings (SSSR count). The zero-order valence-corrected chi connectivity index (χ0v) is 14.6. The summed E-state index contributed by atoms with van der Waals surface area (Å²) in [6.45, 7) is 5.39. The first-order chi connectivity index (χ1) is 9.20. The maximum atomic E-state index is 14.2. The van der Waals surface area contributed by atoms with Gasteiger partial charge in [-0.15, -0.1) is 0 Å². The van der Waals surface area contributed by atoms with Crippen LogP contribution in [0, 0.1) is 5.82 Å². The largest absolute Gasteiger partial charge is 0.465 e. The van der Waals surface area contributed by atoms with Crippen LogP contribution < -0.4 is 0 Å². The maximum Gasteiger partial charge on any atom is 0.408 e. The van der Waals surface area contributed by atoms with Crippen molar-refractivity contribution in [3.63, 3.8) is 0 Å². The molecule has 0 fully saturated rings. The second kappa shape index (κ2) is 6.93. The van der Waals surface area contributed by atoms with Gasteiger partial charge >= 0.3 is 6.09 Å². The number of halogens is 3. The van der Waals surface area contributed by atoms with Gasteiger partial charge in [0.2, 0.25) is 0 Å². The summed E-state index contributed by atoms with van der Waals surface area (Å²) in [5.41, 5.74) is -0.302. The predicted octanol–water partition coefficient (Wildman–Crippen LogP) is 5.12. The van der Waals surface area contributed by atoms with Crippen LogP contribution in [0.25, 0.3) is 0 Å². The molecular weight excluding hydrogens is 396 g/mol. The van der Waals surface area contributed by atoms with E-state index in [-0.39, 0.29) is 5.02 Å². The molecule has 1 aromatic rings. The van der Waals surface area contributed by atoms with Crippen LogP contribution in [-0.2, 0) is 0 Å². The van der Waals surface area contributed by atoms with Crippen molar-refractivity contribution in [1.29, 1.82) is 0 Å². The lowest BCUT2D eigenvalue weighted by molar-refractivity contribution is 0.0678. The number of nitrogens with zero attached hydrogens (tertiary/aromatic N) is 1. The highest BCUT2D eigenvalue weighted by Gasteiger charge is 2.35. The summed E-state index contributed by atoms with van der Waals surface area (Å²) in [6, 6.07) is 4.15. The highest BCUT2D eigenvalue weighted by molar-refractivity contribution is 14.1. The molecule has 1 aromatic carbocycles. The first-order valence-electron chi connectivity index (χ1n) is 6.22. The van der Waals surface area contributed by atoms with Gasteiger partial charge in [-0.05, 0) is 33.3 Å². The van der Waals surface area contributed by atoms with Gasteiger partial charge in [-0.25, -0.2) is 9.18 Å². The van der Waals surface area contributed by atoms with E-state index in [0.717, 1.165) is 0 Å². The van der Waals surface area contributed by atoms with Crippen LogP contribution in [0.5, 0.6) is 0 Å². The number of benzene rings is 1. The van der Waals surface area contributed by atoms with Crippen molar-refractivity contribution in [2.75, 3.05) is 4.43 Å². The summed E-state index contributed by atoms with van der Waals surface area (Å²) in [7, 11) is 0. The van der Waals surface area contributed by atoms with Crippen molar-refractivity contribution >= 4 is 40.3 Å². The van der Waals surface area contributed by atoms with Crippen LogP contribution in [0.1, 0.15) is 38.8 Å². The smallest absolute Gasteiger partial charge is 0.408 e. The summed E-state index contributed by atoms with van der Waals surface area (Å²) in [6.07, 6.45) is -0.534. The summed E-state index contributed by atoms with van der Waals surface area (Å²) >= 11 is 7.97. The summed E-state index contributed by atoms with van der Waals surface area (Å²) in [5.74, 6) is -0.542. The Labute approximate surface area is 137 Å².